The first-order valence-electron chi connectivity index (χ1n) is 13.0. The summed E-state index contributed by atoms with van der Waals surface area (Å²) in [6, 6.07) is 17.3. The smallest absolute Gasteiger partial charge is 0.348 e. The molecule has 1 heterocycles. The van der Waals surface area contributed by atoms with Crippen LogP contribution in [0.1, 0.15) is 29.5 Å². The van der Waals surface area contributed by atoms with Crippen LogP contribution >= 0.6 is 23.2 Å². The maximum atomic E-state index is 14.3. The lowest BCUT2D eigenvalue weighted by Crippen LogP contribution is -2.44. The molecule has 12 nitrogen and oxygen atoms in total. The summed E-state index contributed by atoms with van der Waals surface area (Å²) in [4.78, 5) is 51.0. The van der Waals surface area contributed by atoms with E-state index in [0.717, 1.165) is 11.6 Å². The average Bonchev–Trinajstić information content (AvgIpc) is 3.39. The van der Waals surface area contributed by atoms with E-state index < -0.39 is 42.2 Å². The minimum atomic E-state index is -1.61. The maximum Gasteiger partial charge on any atom is 0.348 e. The molecule has 0 aliphatic carbocycles. The zero-order chi connectivity index (χ0) is 31.8. The zero-order valence-corrected chi connectivity index (χ0v) is 24.6. The highest BCUT2D eigenvalue weighted by molar-refractivity contribution is 6.31. The van der Waals surface area contributed by atoms with Crippen LogP contribution in [-0.4, -0.2) is 62.2 Å². The highest BCUT2D eigenvalue weighted by Crippen LogP contribution is 2.26. The lowest BCUT2D eigenvalue weighted by molar-refractivity contribution is -0.172. The van der Waals surface area contributed by atoms with Gasteiger partial charge in [-0.25, -0.2) is 19.0 Å². The summed E-state index contributed by atoms with van der Waals surface area (Å²) in [6.07, 6.45) is -1.81. The van der Waals surface area contributed by atoms with E-state index in [-0.39, 0.29) is 25.3 Å². The fourth-order valence-corrected chi connectivity index (χ4v) is 4.33. The number of aromatic amines is 1. The molecular weight excluding hydrogens is 620 g/mol. The van der Waals surface area contributed by atoms with Gasteiger partial charge in [-0.1, -0.05) is 53.5 Å². The molecule has 4 rings (SSSR count). The standard InChI is InChI=1S/C29H26Cl2FN5O7/c1-17(38)43-16-44-28(41)25(39)11-12-36(15-18-5-7-19(8-6-18)23-14-21(31)9-10-24(23)32)35-27(40)26-33-29(42)37(34-26)22-4-2-3-20(30)13-22/h2-10,13-14,25,39H,11-12,15-16H2,1H3,(H,35,40)(H,33,34,42)/t25-/m1/s1. The minimum Gasteiger partial charge on any atom is -0.428 e. The Labute approximate surface area is 259 Å². The second-order valence-electron chi connectivity index (χ2n) is 9.38. The normalized spacial score (nSPS) is 11.7. The number of aliphatic hydroxyl groups excluding tert-OH is 1. The summed E-state index contributed by atoms with van der Waals surface area (Å²) in [7, 11) is 0. The van der Waals surface area contributed by atoms with Crippen LogP contribution in [0.2, 0.25) is 10.0 Å². The summed E-state index contributed by atoms with van der Waals surface area (Å²) in [5.41, 5.74) is 3.81. The van der Waals surface area contributed by atoms with Crippen LogP contribution in [0.4, 0.5) is 4.39 Å². The Morgan fingerprint density at radius 2 is 1.80 bits per heavy atom. The monoisotopic (exact) mass is 645 g/mol. The van der Waals surface area contributed by atoms with Gasteiger partial charge in [0, 0.05) is 35.6 Å². The van der Waals surface area contributed by atoms with Crippen molar-refractivity contribution in [2.24, 2.45) is 0 Å². The SMILES string of the molecule is CC(=O)OCOC(=O)[C@H](O)CCN(Cc1ccc(-c2cc(Cl)ccc2F)cc1)NC(=O)c1nn(-c2cccc(Cl)c2)c(=O)[nH]1. The van der Waals surface area contributed by atoms with Gasteiger partial charge in [0.2, 0.25) is 12.6 Å². The molecule has 0 spiro atoms. The summed E-state index contributed by atoms with van der Waals surface area (Å²) in [6.45, 7) is 0.472. The van der Waals surface area contributed by atoms with Crippen LogP contribution in [0.25, 0.3) is 16.8 Å². The van der Waals surface area contributed by atoms with E-state index in [0.29, 0.717) is 32.4 Å². The first kappa shape index (κ1) is 32.4. The van der Waals surface area contributed by atoms with Crippen LogP contribution in [-0.2, 0) is 25.6 Å². The van der Waals surface area contributed by atoms with Crippen molar-refractivity contribution >= 4 is 41.0 Å². The average molecular weight is 646 g/mol. The van der Waals surface area contributed by atoms with Gasteiger partial charge in [0.25, 0.3) is 0 Å². The van der Waals surface area contributed by atoms with Gasteiger partial charge in [-0.2, -0.15) is 4.68 Å². The number of amides is 1. The second kappa shape index (κ2) is 14.8. The number of nitrogens with zero attached hydrogens (tertiary/aromatic N) is 3. The predicted octanol–water partition coefficient (Wildman–Crippen LogP) is 3.64. The van der Waals surface area contributed by atoms with Gasteiger partial charge in [-0.3, -0.25) is 20.0 Å². The van der Waals surface area contributed by atoms with Crippen molar-refractivity contribution in [1.29, 1.82) is 0 Å². The zero-order valence-electron chi connectivity index (χ0n) is 23.1. The van der Waals surface area contributed by atoms with E-state index in [1.807, 2.05) is 0 Å². The topological polar surface area (TPSA) is 156 Å². The number of carbonyl (C=O) groups is 3. The van der Waals surface area contributed by atoms with Gasteiger partial charge in [0.1, 0.15) is 5.82 Å². The first-order valence-corrected chi connectivity index (χ1v) is 13.8. The van der Waals surface area contributed by atoms with E-state index in [1.165, 1.54) is 29.3 Å². The number of hydrogen-bond donors (Lipinski definition) is 3. The lowest BCUT2D eigenvalue weighted by Gasteiger charge is -2.24. The van der Waals surface area contributed by atoms with E-state index >= 15 is 0 Å². The number of aromatic nitrogens is 3. The number of hydrazine groups is 1. The quantitative estimate of drug-likeness (QED) is 0.119. The highest BCUT2D eigenvalue weighted by Gasteiger charge is 2.22. The molecule has 1 aromatic heterocycles. The minimum absolute atomic E-state index is 0.0680. The van der Waals surface area contributed by atoms with Crippen molar-refractivity contribution in [3.8, 4) is 16.8 Å². The lowest BCUT2D eigenvalue weighted by atomic mass is 10.0. The molecule has 0 fully saturated rings. The predicted molar refractivity (Wildman–Crippen MR) is 157 cm³/mol. The number of aliphatic hydroxyl groups is 1. The molecular formula is C29H26Cl2FN5O7. The molecule has 15 heteroatoms. The summed E-state index contributed by atoms with van der Waals surface area (Å²) >= 11 is 12.0. The van der Waals surface area contributed by atoms with Crippen molar-refractivity contribution in [2.75, 3.05) is 13.3 Å². The Bertz CT molecular complexity index is 1710. The van der Waals surface area contributed by atoms with E-state index in [4.69, 9.17) is 27.9 Å². The van der Waals surface area contributed by atoms with E-state index in [9.17, 15) is 28.7 Å². The molecule has 0 saturated carbocycles. The van der Waals surface area contributed by atoms with Crippen LogP contribution in [0.5, 0.6) is 0 Å². The molecule has 1 amide bonds. The molecule has 4 aromatic rings. The van der Waals surface area contributed by atoms with Gasteiger partial charge in [-0.15, -0.1) is 5.10 Å². The van der Waals surface area contributed by atoms with Crippen molar-refractivity contribution in [1.82, 2.24) is 25.2 Å². The van der Waals surface area contributed by atoms with Crippen molar-refractivity contribution in [3.63, 3.8) is 0 Å². The van der Waals surface area contributed by atoms with Crippen LogP contribution < -0.4 is 11.1 Å². The molecule has 1 atom stereocenters. The molecule has 0 aliphatic rings. The number of halogens is 3. The molecule has 0 saturated heterocycles. The molecule has 44 heavy (non-hydrogen) atoms. The Morgan fingerprint density at radius 3 is 2.50 bits per heavy atom. The number of carbonyl (C=O) groups excluding carboxylic acids is 3. The molecule has 3 aromatic carbocycles. The first-order chi connectivity index (χ1) is 21.0. The highest BCUT2D eigenvalue weighted by atomic mass is 35.5. The fraction of sp³-hybridized carbons (Fsp3) is 0.207. The number of esters is 2. The van der Waals surface area contributed by atoms with Gasteiger partial charge >= 0.3 is 23.5 Å². The Morgan fingerprint density at radius 1 is 1.07 bits per heavy atom. The van der Waals surface area contributed by atoms with E-state index in [1.54, 1.807) is 42.5 Å². The molecule has 3 N–H and O–H groups in total. The molecule has 0 bridgehead atoms. The third-order valence-corrected chi connectivity index (χ3v) is 6.59. The Hall–Kier alpha value is -4.56. The summed E-state index contributed by atoms with van der Waals surface area (Å²) in [5.74, 6) is -3.24. The summed E-state index contributed by atoms with van der Waals surface area (Å²) in [5, 5.41) is 16.5. The number of rotatable bonds is 12. The molecule has 0 radical (unpaired) electrons. The molecule has 230 valence electrons. The third kappa shape index (κ3) is 8.74. The van der Waals surface area contributed by atoms with Crippen molar-refractivity contribution in [2.45, 2.75) is 26.0 Å². The molecule has 0 aliphatic heterocycles. The van der Waals surface area contributed by atoms with Crippen LogP contribution in [0.3, 0.4) is 0 Å². The number of ether oxygens (including phenoxy) is 2. The van der Waals surface area contributed by atoms with Gasteiger partial charge < -0.3 is 14.6 Å². The van der Waals surface area contributed by atoms with Crippen molar-refractivity contribution < 1.29 is 33.4 Å². The Balaban J connectivity index is 1.50. The number of benzene rings is 3. The fourth-order valence-electron chi connectivity index (χ4n) is 3.97. The summed E-state index contributed by atoms with van der Waals surface area (Å²) < 4.78 is 24.6. The number of nitrogens with one attached hydrogen (secondary N) is 2. The van der Waals surface area contributed by atoms with Gasteiger partial charge in [0.15, 0.2) is 6.10 Å². The number of hydrogen-bond acceptors (Lipinski definition) is 9. The largest absolute Gasteiger partial charge is 0.428 e. The van der Waals surface area contributed by atoms with E-state index in [2.05, 4.69) is 20.2 Å². The van der Waals surface area contributed by atoms with Gasteiger partial charge in [-0.05, 0) is 53.9 Å². The molecule has 0 unspecified atom stereocenters. The van der Waals surface area contributed by atoms with Gasteiger partial charge in [0.05, 0.1) is 5.69 Å². The maximum absolute atomic E-state index is 14.3. The number of H-pyrrole nitrogens is 1. The van der Waals surface area contributed by atoms with Crippen molar-refractivity contribution in [3.05, 3.63) is 104 Å². The van der Waals surface area contributed by atoms with Crippen LogP contribution in [0, 0.1) is 5.82 Å². The third-order valence-electron chi connectivity index (χ3n) is 6.12. The second-order valence-corrected chi connectivity index (χ2v) is 10.2. The van der Waals surface area contributed by atoms with Crippen LogP contribution in [0.15, 0.2) is 71.5 Å². The Kier molecular flexibility index (Phi) is 10.8.